The molecular formula is C22H17N5O. The molecule has 5 rings (SSSR count). The number of aromatic nitrogens is 4. The number of phenols is 1. The number of hydrogen-bond donors (Lipinski definition) is 2. The van der Waals surface area contributed by atoms with Gasteiger partial charge in [0.1, 0.15) is 12.1 Å². The van der Waals surface area contributed by atoms with Gasteiger partial charge in [-0.15, -0.1) is 5.10 Å². The lowest BCUT2D eigenvalue weighted by Gasteiger charge is -2.10. The highest BCUT2D eigenvalue weighted by atomic mass is 16.3. The fourth-order valence-electron chi connectivity index (χ4n) is 3.38. The standard InChI is InChI=1S/C22H17N5O/c1-14-19-12-17(28)8-9-18(19)22(26-25-14)24-15-7-10-21-20(11-15)23-13-27(21)16-5-3-2-4-6-16/h2-13,28H,1H3,(H,24,26). The van der Waals surface area contributed by atoms with Gasteiger partial charge in [-0.3, -0.25) is 4.57 Å². The van der Waals surface area contributed by atoms with Crippen molar-refractivity contribution >= 4 is 33.3 Å². The normalized spacial score (nSPS) is 11.2. The molecule has 0 radical (unpaired) electrons. The van der Waals surface area contributed by atoms with Crippen LogP contribution in [0.15, 0.2) is 73.1 Å². The largest absolute Gasteiger partial charge is 0.508 e. The van der Waals surface area contributed by atoms with E-state index >= 15 is 0 Å². The third-order valence-electron chi connectivity index (χ3n) is 4.79. The van der Waals surface area contributed by atoms with Gasteiger partial charge in [0.05, 0.1) is 16.7 Å². The third kappa shape index (κ3) is 2.72. The zero-order chi connectivity index (χ0) is 19.1. The van der Waals surface area contributed by atoms with E-state index in [0.717, 1.165) is 38.9 Å². The average Bonchev–Trinajstić information content (AvgIpc) is 3.14. The quantitative estimate of drug-likeness (QED) is 0.482. The zero-order valence-corrected chi connectivity index (χ0v) is 15.2. The first-order chi connectivity index (χ1) is 13.7. The first kappa shape index (κ1) is 16.3. The van der Waals surface area contributed by atoms with E-state index < -0.39 is 0 Å². The number of nitrogens with one attached hydrogen (secondary N) is 1. The van der Waals surface area contributed by atoms with Gasteiger partial charge in [-0.25, -0.2) is 4.98 Å². The van der Waals surface area contributed by atoms with Crippen LogP contribution in [0.1, 0.15) is 5.69 Å². The third-order valence-corrected chi connectivity index (χ3v) is 4.79. The molecule has 0 unspecified atom stereocenters. The second kappa shape index (κ2) is 6.35. The monoisotopic (exact) mass is 367 g/mol. The lowest BCUT2D eigenvalue weighted by atomic mass is 10.1. The molecule has 0 saturated carbocycles. The van der Waals surface area contributed by atoms with E-state index in [1.807, 2.05) is 55.7 Å². The van der Waals surface area contributed by atoms with Crippen molar-refractivity contribution in [2.75, 3.05) is 5.32 Å². The number of hydrogen-bond acceptors (Lipinski definition) is 5. The summed E-state index contributed by atoms with van der Waals surface area (Å²) in [5, 5.41) is 23.4. The second-order valence-corrected chi connectivity index (χ2v) is 6.64. The molecule has 0 aliphatic carbocycles. The van der Waals surface area contributed by atoms with Gasteiger partial charge in [-0.2, -0.15) is 5.10 Å². The van der Waals surface area contributed by atoms with E-state index in [1.165, 1.54) is 0 Å². The number of imidazole rings is 1. The Hall–Kier alpha value is -3.93. The molecule has 136 valence electrons. The number of rotatable bonds is 3. The Morgan fingerprint density at radius 3 is 2.61 bits per heavy atom. The van der Waals surface area contributed by atoms with Gasteiger partial charge in [-0.1, -0.05) is 18.2 Å². The van der Waals surface area contributed by atoms with Crippen LogP contribution in [-0.2, 0) is 0 Å². The fourth-order valence-corrected chi connectivity index (χ4v) is 3.38. The van der Waals surface area contributed by atoms with Crippen molar-refractivity contribution in [3.05, 3.63) is 78.8 Å². The van der Waals surface area contributed by atoms with E-state index in [1.54, 1.807) is 12.1 Å². The Balaban J connectivity index is 1.55. The molecule has 0 aliphatic heterocycles. The summed E-state index contributed by atoms with van der Waals surface area (Å²) in [5.41, 5.74) is 4.63. The Morgan fingerprint density at radius 1 is 0.893 bits per heavy atom. The minimum Gasteiger partial charge on any atom is -0.508 e. The lowest BCUT2D eigenvalue weighted by Crippen LogP contribution is -1.99. The van der Waals surface area contributed by atoms with Crippen LogP contribution in [0.5, 0.6) is 5.75 Å². The summed E-state index contributed by atoms with van der Waals surface area (Å²) in [5.74, 6) is 0.852. The Morgan fingerprint density at radius 2 is 1.75 bits per heavy atom. The van der Waals surface area contributed by atoms with Crippen LogP contribution >= 0.6 is 0 Å². The van der Waals surface area contributed by atoms with Crippen molar-refractivity contribution in [3.8, 4) is 11.4 Å². The van der Waals surface area contributed by atoms with E-state index in [-0.39, 0.29) is 5.75 Å². The number of para-hydroxylation sites is 1. The number of benzene rings is 3. The molecule has 0 aliphatic rings. The SMILES string of the molecule is Cc1nnc(Nc2ccc3c(c2)ncn3-c2ccccc2)c2ccc(O)cc12. The summed E-state index contributed by atoms with van der Waals surface area (Å²) in [6.45, 7) is 1.88. The highest BCUT2D eigenvalue weighted by Gasteiger charge is 2.10. The van der Waals surface area contributed by atoms with Crippen LogP contribution in [0, 0.1) is 6.92 Å². The Labute approximate surface area is 161 Å². The van der Waals surface area contributed by atoms with Crippen LogP contribution in [-0.4, -0.2) is 24.9 Å². The van der Waals surface area contributed by atoms with Gasteiger partial charge >= 0.3 is 0 Å². The van der Waals surface area contributed by atoms with Crippen molar-refractivity contribution in [1.29, 1.82) is 0 Å². The summed E-state index contributed by atoms with van der Waals surface area (Å²) >= 11 is 0. The molecule has 6 nitrogen and oxygen atoms in total. The molecule has 0 fully saturated rings. The van der Waals surface area contributed by atoms with Crippen LogP contribution in [0.2, 0.25) is 0 Å². The van der Waals surface area contributed by atoms with Crippen LogP contribution in [0.3, 0.4) is 0 Å². The topological polar surface area (TPSA) is 75.9 Å². The van der Waals surface area contributed by atoms with Crippen molar-refractivity contribution in [2.45, 2.75) is 6.92 Å². The average molecular weight is 367 g/mol. The van der Waals surface area contributed by atoms with Crippen molar-refractivity contribution in [2.24, 2.45) is 0 Å². The molecular weight excluding hydrogens is 350 g/mol. The van der Waals surface area contributed by atoms with Crippen molar-refractivity contribution in [1.82, 2.24) is 19.7 Å². The predicted octanol–water partition coefficient (Wildman–Crippen LogP) is 4.73. The summed E-state index contributed by atoms with van der Waals surface area (Å²) < 4.78 is 2.06. The molecule has 0 atom stereocenters. The molecule has 0 bridgehead atoms. The minimum atomic E-state index is 0.211. The van der Waals surface area contributed by atoms with Crippen molar-refractivity contribution < 1.29 is 5.11 Å². The molecule has 6 heteroatoms. The van der Waals surface area contributed by atoms with Gasteiger partial charge in [0.25, 0.3) is 0 Å². The zero-order valence-electron chi connectivity index (χ0n) is 15.2. The summed E-state index contributed by atoms with van der Waals surface area (Å²) in [4.78, 5) is 4.54. The lowest BCUT2D eigenvalue weighted by molar-refractivity contribution is 0.476. The molecule has 0 amide bonds. The number of aromatic hydroxyl groups is 1. The van der Waals surface area contributed by atoms with Gasteiger partial charge < -0.3 is 10.4 Å². The number of phenolic OH excluding ortho intramolecular Hbond substituents is 1. The van der Waals surface area contributed by atoms with Gasteiger partial charge in [-0.05, 0) is 55.5 Å². The minimum absolute atomic E-state index is 0.211. The van der Waals surface area contributed by atoms with E-state index in [4.69, 9.17) is 0 Å². The molecule has 28 heavy (non-hydrogen) atoms. The van der Waals surface area contributed by atoms with Gasteiger partial charge in [0.2, 0.25) is 0 Å². The summed E-state index contributed by atoms with van der Waals surface area (Å²) in [7, 11) is 0. The molecule has 0 saturated heterocycles. The summed E-state index contributed by atoms with van der Waals surface area (Å²) in [6, 6.07) is 21.3. The molecule has 3 aromatic carbocycles. The van der Waals surface area contributed by atoms with Crippen LogP contribution < -0.4 is 5.32 Å². The smallest absolute Gasteiger partial charge is 0.160 e. The Kier molecular flexibility index (Phi) is 3.69. The number of aryl methyl sites for hydroxylation is 1. The first-order valence-corrected chi connectivity index (χ1v) is 8.94. The summed E-state index contributed by atoms with van der Waals surface area (Å²) in [6.07, 6.45) is 1.83. The highest BCUT2D eigenvalue weighted by Crippen LogP contribution is 2.29. The van der Waals surface area contributed by atoms with Crippen LogP contribution in [0.25, 0.3) is 27.5 Å². The number of anilines is 2. The molecule has 2 aromatic heterocycles. The maximum atomic E-state index is 9.77. The van der Waals surface area contributed by atoms with Crippen molar-refractivity contribution in [3.63, 3.8) is 0 Å². The van der Waals surface area contributed by atoms with E-state index in [2.05, 4.69) is 37.2 Å². The predicted molar refractivity (Wildman–Crippen MR) is 110 cm³/mol. The molecule has 2 N–H and O–H groups in total. The maximum absolute atomic E-state index is 9.77. The van der Waals surface area contributed by atoms with Gasteiger partial charge in [0, 0.05) is 22.1 Å². The molecule has 0 spiro atoms. The molecule has 2 heterocycles. The highest BCUT2D eigenvalue weighted by molar-refractivity contribution is 5.95. The fraction of sp³-hybridized carbons (Fsp3) is 0.0455. The number of fused-ring (bicyclic) bond motifs is 2. The number of nitrogens with zero attached hydrogens (tertiary/aromatic N) is 4. The maximum Gasteiger partial charge on any atom is 0.160 e. The van der Waals surface area contributed by atoms with E-state index in [0.29, 0.717) is 5.82 Å². The van der Waals surface area contributed by atoms with Crippen LogP contribution in [0.4, 0.5) is 11.5 Å². The first-order valence-electron chi connectivity index (χ1n) is 8.94. The van der Waals surface area contributed by atoms with E-state index in [9.17, 15) is 5.11 Å². The van der Waals surface area contributed by atoms with Gasteiger partial charge in [0.15, 0.2) is 5.82 Å². The Bertz CT molecular complexity index is 1310. The second-order valence-electron chi connectivity index (χ2n) is 6.64. The molecule has 5 aromatic rings.